The number of benzene rings is 1. The summed E-state index contributed by atoms with van der Waals surface area (Å²) in [6, 6.07) is 6.85. The van der Waals surface area contributed by atoms with Crippen LogP contribution < -0.4 is 5.73 Å². The largest absolute Gasteiger partial charge is 0.462 e. The number of esters is 1. The van der Waals surface area contributed by atoms with Crippen molar-refractivity contribution in [2.45, 2.75) is 13.3 Å². The minimum atomic E-state index is -0.305. The summed E-state index contributed by atoms with van der Waals surface area (Å²) in [5.74, 6) is -0.305. The van der Waals surface area contributed by atoms with E-state index in [9.17, 15) is 4.79 Å². The van der Waals surface area contributed by atoms with Crippen LogP contribution in [0.5, 0.6) is 0 Å². The Kier molecular flexibility index (Phi) is 5.56. The quantitative estimate of drug-likeness (QED) is 0.508. The van der Waals surface area contributed by atoms with Gasteiger partial charge in [-0.3, -0.25) is 0 Å². The van der Waals surface area contributed by atoms with Gasteiger partial charge in [0.2, 0.25) is 0 Å². The van der Waals surface area contributed by atoms with Crippen LogP contribution in [0.15, 0.2) is 29.3 Å². The molecule has 1 aromatic carbocycles. The molecule has 0 heterocycles. The fourth-order valence-corrected chi connectivity index (χ4v) is 1.32. The van der Waals surface area contributed by atoms with E-state index in [1.807, 2.05) is 13.2 Å². The number of aliphatic imine (C=N–C) groups is 1. The molecule has 0 amide bonds. The van der Waals surface area contributed by atoms with Gasteiger partial charge in [-0.2, -0.15) is 0 Å². The van der Waals surface area contributed by atoms with Crippen LogP contribution >= 0.6 is 11.8 Å². The molecule has 4 nitrogen and oxygen atoms in total. The number of hydrogen-bond donors (Lipinski definition) is 1. The van der Waals surface area contributed by atoms with Crippen LogP contribution in [-0.2, 0) is 4.74 Å². The average molecular weight is 252 g/mol. The first-order valence-electron chi connectivity index (χ1n) is 5.32. The van der Waals surface area contributed by atoms with Gasteiger partial charge in [-0.15, -0.1) is 0 Å². The Morgan fingerprint density at radius 3 is 2.59 bits per heavy atom. The lowest BCUT2D eigenvalue weighted by Crippen LogP contribution is -2.06. The van der Waals surface area contributed by atoms with Crippen LogP contribution in [0.3, 0.4) is 0 Å². The highest BCUT2D eigenvalue weighted by Crippen LogP contribution is 2.15. The SMILES string of the molecule is CCCOC(=O)c1ccc(N=C(N)SC)cc1. The Morgan fingerprint density at radius 1 is 1.41 bits per heavy atom. The number of carbonyl (C=O) groups excluding carboxylic acids is 1. The van der Waals surface area contributed by atoms with E-state index in [4.69, 9.17) is 10.5 Å². The second kappa shape index (κ2) is 6.96. The van der Waals surface area contributed by atoms with Crippen molar-refractivity contribution in [1.82, 2.24) is 0 Å². The number of nitrogens with zero attached hydrogens (tertiary/aromatic N) is 1. The van der Waals surface area contributed by atoms with Crippen molar-refractivity contribution in [3.63, 3.8) is 0 Å². The van der Waals surface area contributed by atoms with Crippen LogP contribution in [0.2, 0.25) is 0 Å². The van der Waals surface area contributed by atoms with Gasteiger partial charge >= 0.3 is 5.97 Å². The van der Waals surface area contributed by atoms with Gasteiger partial charge in [0.25, 0.3) is 0 Å². The minimum Gasteiger partial charge on any atom is -0.462 e. The van der Waals surface area contributed by atoms with E-state index < -0.39 is 0 Å². The van der Waals surface area contributed by atoms with Crippen LogP contribution in [0.25, 0.3) is 0 Å². The third kappa shape index (κ3) is 4.48. The molecule has 0 aromatic heterocycles. The number of rotatable bonds is 4. The fraction of sp³-hybridized carbons (Fsp3) is 0.333. The maximum atomic E-state index is 11.5. The Morgan fingerprint density at radius 2 is 2.06 bits per heavy atom. The zero-order valence-electron chi connectivity index (χ0n) is 9.97. The van der Waals surface area contributed by atoms with E-state index in [0.29, 0.717) is 17.3 Å². The van der Waals surface area contributed by atoms with Gasteiger partial charge in [0, 0.05) is 0 Å². The van der Waals surface area contributed by atoms with Gasteiger partial charge in [-0.25, -0.2) is 9.79 Å². The predicted molar refractivity (Wildman–Crippen MR) is 71.8 cm³/mol. The van der Waals surface area contributed by atoms with Crippen LogP contribution in [0.4, 0.5) is 5.69 Å². The van der Waals surface area contributed by atoms with Gasteiger partial charge in [0.05, 0.1) is 17.9 Å². The highest BCUT2D eigenvalue weighted by atomic mass is 32.2. The molecule has 0 aliphatic rings. The van der Waals surface area contributed by atoms with Crippen molar-refractivity contribution >= 4 is 28.6 Å². The lowest BCUT2D eigenvalue weighted by Gasteiger charge is -2.03. The van der Waals surface area contributed by atoms with Crippen molar-refractivity contribution in [2.24, 2.45) is 10.7 Å². The van der Waals surface area contributed by atoms with E-state index in [0.717, 1.165) is 12.1 Å². The predicted octanol–water partition coefficient (Wildman–Crippen LogP) is 2.56. The zero-order chi connectivity index (χ0) is 12.7. The molecule has 5 heteroatoms. The molecule has 0 unspecified atom stereocenters. The molecule has 0 atom stereocenters. The Balaban J connectivity index is 2.71. The highest BCUT2D eigenvalue weighted by molar-refractivity contribution is 8.13. The maximum Gasteiger partial charge on any atom is 0.338 e. The Labute approximate surface area is 105 Å². The molecule has 0 saturated carbocycles. The lowest BCUT2D eigenvalue weighted by molar-refractivity contribution is 0.0505. The molecule has 0 spiro atoms. The monoisotopic (exact) mass is 252 g/mol. The molecule has 0 aliphatic heterocycles. The number of ether oxygens (including phenoxy) is 1. The van der Waals surface area contributed by atoms with Crippen LogP contribution in [0.1, 0.15) is 23.7 Å². The Hall–Kier alpha value is -1.49. The summed E-state index contributed by atoms with van der Waals surface area (Å²) in [5, 5.41) is 0.492. The van der Waals surface area contributed by atoms with Gasteiger partial charge < -0.3 is 10.5 Å². The van der Waals surface area contributed by atoms with Crippen molar-refractivity contribution in [2.75, 3.05) is 12.9 Å². The number of thioether (sulfide) groups is 1. The highest BCUT2D eigenvalue weighted by Gasteiger charge is 2.05. The third-order valence-corrected chi connectivity index (χ3v) is 2.50. The van der Waals surface area contributed by atoms with Gasteiger partial charge in [0.15, 0.2) is 5.17 Å². The van der Waals surface area contributed by atoms with Crippen LogP contribution in [-0.4, -0.2) is 24.0 Å². The molecule has 1 rings (SSSR count). The number of amidine groups is 1. The van der Waals surface area contributed by atoms with Crippen molar-refractivity contribution in [1.29, 1.82) is 0 Å². The molecule has 0 bridgehead atoms. The molecule has 0 radical (unpaired) electrons. The molecular weight excluding hydrogens is 236 g/mol. The summed E-state index contributed by atoms with van der Waals surface area (Å²) in [6.45, 7) is 2.40. The smallest absolute Gasteiger partial charge is 0.338 e. The first kappa shape index (κ1) is 13.6. The van der Waals surface area contributed by atoms with E-state index in [1.54, 1.807) is 24.3 Å². The van der Waals surface area contributed by atoms with Gasteiger partial charge in [0.1, 0.15) is 0 Å². The molecule has 0 fully saturated rings. The lowest BCUT2D eigenvalue weighted by atomic mass is 10.2. The topological polar surface area (TPSA) is 64.7 Å². The van der Waals surface area contributed by atoms with E-state index >= 15 is 0 Å². The molecule has 2 N–H and O–H groups in total. The molecular formula is C12H16N2O2S. The molecule has 17 heavy (non-hydrogen) atoms. The molecule has 0 aliphatic carbocycles. The van der Waals surface area contributed by atoms with E-state index in [1.165, 1.54) is 11.8 Å². The third-order valence-electron chi connectivity index (χ3n) is 1.99. The van der Waals surface area contributed by atoms with E-state index in [2.05, 4.69) is 4.99 Å². The number of nitrogens with two attached hydrogens (primary N) is 1. The van der Waals surface area contributed by atoms with Crippen molar-refractivity contribution in [3.8, 4) is 0 Å². The first-order chi connectivity index (χ1) is 8.17. The van der Waals surface area contributed by atoms with Crippen LogP contribution in [0, 0.1) is 0 Å². The Bertz CT molecular complexity index is 401. The molecule has 92 valence electrons. The average Bonchev–Trinajstić information content (AvgIpc) is 2.36. The summed E-state index contributed by atoms with van der Waals surface area (Å²) in [5.41, 5.74) is 6.84. The van der Waals surface area contributed by atoms with E-state index in [-0.39, 0.29) is 5.97 Å². The number of carbonyl (C=O) groups is 1. The normalized spacial score (nSPS) is 11.3. The summed E-state index contributed by atoms with van der Waals surface area (Å²) in [6.07, 6.45) is 2.67. The first-order valence-corrected chi connectivity index (χ1v) is 6.55. The van der Waals surface area contributed by atoms with Crippen molar-refractivity contribution < 1.29 is 9.53 Å². The molecule has 0 saturated heterocycles. The summed E-state index contributed by atoms with van der Waals surface area (Å²) >= 11 is 1.38. The summed E-state index contributed by atoms with van der Waals surface area (Å²) < 4.78 is 5.02. The van der Waals surface area contributed by atoms with Gasteiger partial charge in [-0.1, -0.05) is 18.7 Å². The standard InChI is InChI=1S/C12H16N2O2S/c1-3-8-16-11(15)9-4-6-10(7-5-9)14-12(13)17-2/h4-7H,3,8H2,1-2H3,(H2,13,14). The molecule has 1 aromatic rings. The minimum absolute atomic E-state index is 0.305. The second-order valence-corrected chi connectivity index (χ2v) is 4.16. The number of hydrogen-bond acceptors (Lipinski definition) is 4. The summed E-state index contributed by atoms with van der Waals surface area (Å²) in [7, 11) is 0. The maximum absolute atomic E-state index is 11.5. The van der Waals surface area contributed by atoms with Gasteiger partial charge in [-0.05, 0) is 36.9 Å². The van der Waals surface area contributed by atoms with Crippen molar-refractivity contribution in [3.05, 3.63) is 29.8 Å². The summed E-state index contributed by atoms with van der Waals surface area (Å²) in [4.78, 5) is 15.7. The zero-order valence-corrected chi connectivity index (χ0v) is 10.8. The fourth-order valence-electron chi connectivity index (χ4n) is 1.12. The second-order valence-electron chi connectivity index (χ2n) is 3.34.